The van der Waals surface area contributed by atoms with Crippen LogP contribution >= 0.6 is 0 Å². The van der Waals surface area contributed by atoms with E-state index in [9.17, 15) is 4.39 Å². The highest BCUT2D eigenvalue weighted by atomic mass is 19.1. The third-order valence-electron chi connectivity index (χ3n) is 4.58. The molecule has 4 rings (SSSR count). The summed E-state index contributed by atoms with van der Waals surface area (Å²) in [5, 5.41) is 12.2. The van der Waals surface area contributed by atoms with Gasteiger partial charge in [0, 0.05) is 19.7 Å². The molecule has 2 aromatic heterocycles. The predicted octanol–water partition coefficient (Wildman–Crippen LogP) is 4.39. The van der Waals surface area contributed by atoms with Crippen LogP contribution in [0.3, 0.4) is 0 Å². The number of nitrogens with zero attached hydrogens (tertiary/aromatic N) is 4. The van der Waals surface area contributed by atoms with Crippen LogP contribution in [0.15, 0.2) is 54.9 Å². The van der Waals surface area contributed by atoms with Gasteiger partial charge in [-0.1, -0.05) is 12.1 Å². The van der Waals surface area contributed by atoms with E-state index in [-0.39, 0.29) is 17.2 Å². The molecule has 0 unspecified atom stereocenters. The summed E-state index contributed by atoms with van der Waals surface area (Å²) >= 11 is 0. The normalized spacial score (nSPS) is 10.6. The molecule has 4 aromatic rings. The zero-order valence-electron chi connectivity index (χ0n) is 16.4. The molecule has 30 heavy (non-hydrogen) atoms. The number of rotatable bonds is 6. The second kappa shape index (κ2) is 8.09. The standard InChI is InChI=1S/C22H18FN5O2/c1-28-13-26-21-18(28)10-20(30-19-8-5-15(11-24)9-17(19)23)27-22(21)25-12-14-3-6-16(29-2)7-4-14/h3-10,13H,12H2,1-2H3,(H,25,27). The van der Waals surface area contributed by atoms with Crippen LogP contribution < -0.4 is 14.8 Å². The van der Waals surface area contributed by atoms with Crippen molar-refractivity contribution in [1.82, 2.24) is 14.5 Å². The minimum atomic E-state index is -0.631. The lowest BCUT2D eigenvalue weighted by Gasteiger charge is -2.11. The minimum Gasteiger partial charge on any atom is -0.497 e. The summed E-state index contributed by atoms with van der Waals surface area (Å²) in [6.07, 6.45) is 1.68. The molecule has 0 atom stereocenters. The number of ether oxygens (including phenoxy) is 2. The first-order valence-electron chi connectivity index (χ1n) is 9.14. The zero-order chi connectivity index (χ0) is 21.1. The van der Waals surface area contributed by atoms with Crippen molar-refractivity contribution in [2.75, 3.05) is 12.4 Å². The molecule has 8 heteroatoms. The summed E-state index contributed by atoms with van der Waals surface area (Å²) < 4.78 is 26.9. The fourth-order valence-corrected chi connectivity index (χ4v) is 2.98. The van der Waals surface area contributed by atoms with Gasteiger partial charge >= 0.3 is 0 Å². The number of fused-ring (bicyclic) bond motifs is 1. The van der Waals surface area contributed by atoms with E-state index in [4.69, 9.17) is 14.7 Å². The minimum absolute atomic E-state index is 0.0101. The third-order valence-corrected chi connectivity index (χ3v) is 4.58. The largest absolute Gasteiger partial charge is 0.497 e. The molecule has 0 amide bonds. The smallest absolute Gasteiger partial charge is 0.223 e. The number of pyridine rings is 1. The second-order valence-corrected chi connectivity index (χ2v) is 6.59. The molecule has 0 aliphatic rings. The molecule has 0 spiro atoms. The SMILES string of the molecule is COc1ccc(CNc2nc(Oc3ccc(C#N)cc3F)cc3c2ncn3C)cc1. The van der Waals surface area contributed by atoms with Crippen molar-refractivity contribution in [3.63, 3.8) is 0 Å². The Labute approximate surface area is 172 Å². The highest BCUT2D eigenvalue weighted by Crippen LogP contribution is 2.29. The average molecular weight is 403 g/mol. The molecule has 1 N–H and O–H groups in total. The molecule has 2 aromatic carbocycles. The van der Waals surface area contributed by atoms with Gasteiger partial charge in [0.1, 0.15) is 11.3 Å². The van der Waals surface area contributed by atoms with E-state index in [0.29, 0.717) is 17.9 Å². The molecule has 2 heterocycles. The molecule has 0 radical (unpaired) electrons. The summed E-state index contributed by atoms with van der Waals surface area (Å²) in [6, 6.07) is 15.3. The molecule has 7 nitrogen and oxygen atoms in total. The first-order chi connectivity index (χ1) is 14.6. The van der Waals surface area contributed by atoms with Crippen LogP contribution in [0.2, 0.25) is 0 Å². The Morgan fingerprint density at radius 1 is 1.17 bits per heavy atom. The van der Waals surface area contributed by atoms with Crippen LogP contribution in [0.4, 0.5) is 10.2 Å². The quantitative estimate of drug-likeness (QED) is 0.514. The first kappa shape index (κ1) is 19.2. The Bertz CT molecular complexity index is 1250. The Morgan fingerprint density at radius 2 is 1.97 bits per heavy atom. The van der Waals surface area contributed by atoms with Crippen LogP contribution in [0.25, 0.3) is 11.0 Å². The van der Waals surface area contributed by atoms with E-state index < -0.39 is 5.82 Å². The van der Waals surface area contributed by atoms with Gasteiger partial charge in [-0.3, -0.25) is 0 Å². The number of anilines is 1. The average Bonchev–Trinajstić information content (AvgIpc) is 3.14. The maximum absolute atomic E-state index is 14.2. The maximum Gasteiger partial charge on any atom is 0.223 e. The van der Waals surface area contributed by atoms with Crippen LogP contribution in [0.5, 0.6) is 17.4 Å². The highest BCUT2D eigenvalue weighted by molar-refractivity contribution is 5.87. The molecule has 150 valence electrons. The molecule has 0 aliphatic heterocycles. The number of nitrogens with one attached hydrogen (secondary N) is 1. The summed E-state index contributed by atoms with van der Waals surface area (Å²) in [7, 11) is 3.48. The Balaban J connectivity index is 1.63. The van der Waals surface area contributed by atoms with E-state index in [0.717, 1.165) is 22.9 Å². The fraction of sp³-hybridized carbons (Fsp3) is 0.136. The molecule has 0 aliphatic carbocycles. The number of imidazole rings is 1. The topological polar surface area (TPSA) is 85.0 Å². The van der Waals surface area contributed by atoms with Crippen LogP contribution in [0, 0.1) is 17.1 Å². The van der Waals surface area contributed by atoms with Crippen LogP contribution in [0.1, 0.15) is 11.1 Å². The Morgan fingerprint density at radius 3 is 2.67 bits per heavy atom. The van der Waals surface area contributed by atoms with Gasteiger partial charge in [-0.25, -0.2) is 9.37 Å². The van der Waals surface area contributed by atoms with Crippen molar-refractivity contribution in [2.24, 2.45) is 7.05 Å². The number of aromatic nitrogens is 3. The number of nitriles is 1. The van der Waals surface area contributed by atoms with Crippen molar-refractivity contribution < 1.29 is 13.9 Å². The lowest BCUT2D eigenvalue weighted by Crippen LogP contribution is -2.04. The summed E-state index contributed by atoms with van der Waals surface area (Å²) in [6.45, 7) is 0.511. The molecule has 0 fully saturated rings. The lowest BCUT2D eigenvalue weighted by atomic mass is 10.2. The van der Waals surface area contributed by atoms with Crippen molar-refractivity contribution in [1.29, 1.82) is 5.26 Å². The maximum atomic E-state index is 14.2. The van der Waals surface area contributed by atoms with E-state index >= 15 is 0 Å². The van der Waals surface area contributed by atoms with E-state index in [1.54, 1.807) is 19.5 Å². The number of hydrogen-bond donors (Lipinski definition) is 1. The number of hydrogen-bond acceptors (Lipinski definition) is 6. The predicted molar refractivity (Wildman–Crippen MR) is 110 cm³/mol. The molecule has 0 saturated heterocycles. The third kappa shape index (κ3) is 3.86. The second-order valence-electron chi connectivity index (χ2n) is 6.59. The number of benzene rings is 2. The molecular formula is C22H18FN5O2. The van der Waals surface area contributed by atoms with E-state index in [1.807, 2.05) is 41.9 Å². The zero-order valence-corrected chi connectivity index (χ0v) is 16.4. The Kier molecular flexibility index (Phi) is 5.18. The van der Waals surface area contributed by atoms with Crippen molar-refractivity contribution in [3.8, 4) is 23.4 Å². The van der Waals surface area contributed by atoms with E-state index in [2.05, 4.69) is 15.3 Å². The van der Waals surface area contributed by atoms with Crippen molar-refractivity contribution in [3.05, 3.63) is 71.8 Å². The van der Waals surface area contributed by atoms with Gasteiger partial charge < -0.3 is 19.4 Å². The van der Waals surface area contributed by atoms with Crippen molar-refractivity contribution >= 4 is 16.9 Å². The number of aryl methyl sites for hydroxylation is 1. The monoisotopic (exact) mass is 403 g/mol. The Hall–Kier alpha value is -4.12. The van der Waals surface area contributed by atoms with Gasteiger partial charge in [0.05, 0.1) is 30.6 Å². The molecule has 0 saturated carbocycles. The van der Waals surface area contributed by atoms with Crippen molar-refractivity contribution in [2.45, 2.75) is 6.54 Å². The molecule has 0 bridgehead atoms. The van der Waals surface area contributed by atoms with Crippen LogP contribution in [-0.4, -0.2) is 21.6 Å². The van der Waals surface area contributed by atoms with Gasteiger partial charge in [-0.15, -0.1) is 0 Å². The van der Waals surface area contributed by atoms with Gasteiger partial charge in [-0.2, -0.15) is 10.2 Å². The first-order valence-corrected chi connectivity index (χ1v) is 9.14. The van der Waals surface area contributed by atoms with Gasteiger partial charge in [0.2, 0.25) is 5.88 Å². The molecular weight excluding hydrogens is 385 g/mol. The van der Waals surface area contributed by atoms with Gasteiger partial charge in [-0.05, 0) is 35.9 Å². The fourth-order valence-electron chi connectivity index (χ4n) is 2.98. The summed E-state index contributed by atoms with van der Waals surface area (Å²) in [4.78, 5) is 8.88. The highest BCUT2D eigenvalue weighted by Gasteiger charge is 2.14. The summed E-state index contributed by atoms with van der Waals surface area (Å²) in [5.41, 5.74) is 2.72. The number of halogens is 1. The number of methoxy groups -OCH3 is 1. The lowest BCUT2D eigenvalue weighted by molar-refractivity contribution is 0.414. The van der Waals surface area contributed by atoms with E-state index in [1.165, 1.54) is 12.1 Å². The van der Waals surface area contributed by atoms with Gasteiger partial charge in [0.15, 0.2) is 17.4 Å². The van der Waals surface area contributed by atoms with Gasteiger partial charge in [0.25, 0.3) is 0 Å². The summed E-state index contributed by atoms with van der Waals surface area (Å²) in [5.74, 6) is 0.876. The van der Waals surface area contributed by atoms with Crippen LogP contribution in [-0.2, 0) is 13.6 Å².